The number of benzene rings is 1. The zero-order chi connectivity index (χ0) is 16.7. The molecule has 0 aliphatic carbocycles. The van der Waals surface area contributed by atoms with Gasteiger partial charge in [0.25, 0.3) is 5.91 Å². The van der Waals surface area contributed by atoms with Gasteiger partial charge in [-0.05, 0) is 38.1 Å². The number of hydrazine groups is 1. The molecule has 1 heterocycles. The molecule has 0 aliphatic heterocycles. The van der Waals surface area contributed by atoms with E-state index >= 15 is 0 Å². The van der Waals surface area contributed by atoms with Gasteiger partial charge in [0.15, 0.2) is 5.82 Å². The van der Waals surface area contributed by atoms with Crippen LogP contribution < -0.4 is 15.6 Å². The number of carbonyl (C=O) groups is 2. The van der Waals surface area contributed by atoms with Crippen molar-refractivity contribution in [2.24, 2.45) is 0 Å². The molecule has 8 nitrogen and oxygen atoms in total. The topological polar surface area (TPSA) is 106 Å². The monoisotopic (exact) mass is 318 g/mol. The summed E-state index contributed by atoms with van der Waals surface area (Å²) >= 11 is 0. The number of rotatable bonds is 6. The average Bonchev–Trinajstić information content (AvgIpc) is 2.97. The van der Waals surface area contributed by atoms with Crippen molar-refractivity contribution in [3.63, 3.8) is 0 Å². The molecule has 1 aromatic heterocycles. The molecule has 0 atom stereocenters. The number of aromatic nitrogens is 2. The fourth-order valence-corrected chi connectivity index (χ4v) is 1.79. The largest absolute Gasteiger partial charge is 0.494 e. The Bertz CT molecular complexity index is 666. The maximum atomic E-state index is 11.9. The summed E-state index contributed by atoms with van der Waals surface area (Å²) in [7, 11) is 0. The highest BCUT2D eigenvalue weighted by Crippen LogP contribution is 2.11. The van der Waals surface area contributed by atoms with Crippen LogP contribution in [0, 0.1) is 6.92 Å². The second-order valence-electron chi connectivity index (χ2n) is 4.70. The molecule has 0 unspecified atom stereocenters. The molecule has 1 aromatic carbocycles. The lowest BCUT2D eigenvalue weighted by Crippen LogP contribution is -2.41. The fraction of sp³-hybridized carbons (Fsp3) is 0.333. The molecule has 0 saturated carbocycles. The van der Waals surface area contributed by atoms with Gasteiger partial charge in [-0.15, -0.1) is 0 Å². The van der Waals surface area contributed by atoms with Crippen molar-refractivity contribution < 1.29 is 18.8 Å². The predicted molar refractivity (Wildman–Crippen MR) is 80.6 cm³/mol. The SMILES string of the molecule is CCOc1ccc(C(=O)NNC(=O)CCc2nc(C)no2)cc1. The standard InChI is InChI=1S/C15H18N4O4/c1-3-22-12-6-4-11(5-7-12)15(21)18-17-13(20)8-9-14-16-10(2)19-23-14/h4-7H,3,8-9H2,1-2H3,(H,17,20)(H,18,21). The van der Waals surface area contributed by atoms with Gasteiger partial charge in [0.2, 0.25) is 11.8 Å². The fourth-order valence-electron chi connectivity index (χ4n) is 1.79. The zero-order valence-corrected chi connectivity index (χ0v) is 13.0. The third kappa shape index (κ3) is 5.10. The van der Waals surface area contributed by atoms with Crippen LogP contribution in [0.25, 0.3) is 0 Å². The van der Waals surface area contributed by atoms with Gasteiger partial charge in [0.1, 0.15) is 5.75 Å². The maximum absolute atomic E-state index is 11.9. The van der Waals surface area contributed by atoms with Gasteiger partial charge in [0.05, 0.1) is 6.61 Å². The molecule has 0 saturated heterocycles. The van der Waals surface area contributed by atoms with E-state index in [2.05, 4.69) is 21.0 Å². The Hall–Kier alpha value is -2.90. The van der Waals surface area contributed by atoms with Crippen LogP contribution in [0.2, 0.25) is 0 Å². The predicted octanol–water partition coefficient (Wildman–Crippen LogP) is 1.17. The first-order valence-corrected chi connectivity index (χ1v) is 7.19. The van der Waals surface area contributed by atoms with Gasteiger partial charge in [-0.25, -0.2) is 0 Å². The quantitative estimate of drug-likeness (QED) is 0.774. The van der Waals surface area contributed by atoms with Crippen molar-refractivity contribution >= 4 is 11.8 Å². The average molecular weight is 318 g/mol. The summed E-state index contributed by atoms with van der Waals surface area (Å²) in [4.78, 5) is 27.5. The number of nitrogens with one attached hydrogen (secondary N) is 2. The molecule has 2 amide bonds. The number of hydrogen-bond acceptors (Lipinski definition) is 6. The number of aryl methyl sites for hydroxylation is 2. The van der Waals surface area contributed by atoms with Crippen molar-refractivity contribution in [1.82, 2.24) is 21.0 Å². The lowest BCUT2D eigenvalue weighted by Gasteiger charge is -2.07. The van der Waals surface area contributed by atoms with Gasteiger partial charge in [-0.3, -0.25) is 20.4 Å². The molecular weight excluding hydrogens is 300 g/mol. The number of amides is 2. The second-order valence-corrected chi connectivity index (χ2v) is 4.70. The molecule has 2 N–H and O–H groups in total. The van der Waals surface area contributed by atoms with Gasteiger partial charge in [-0.2, -0.15) is 4.98 Å². The highest BCUT2D eigenvalue weighted by molar-refractivity contribution is 5.95. The molecule has 2 aromatic rings. The van der Waals surface area contributed by atoms with E-state index in [1.54, 1.807) is 31.2 Å². The van der Waals surface area contributed by atoms with Crippen LogP contribution in [0.15, 0.2) is 28.8 Å². The van der Waals surface area contributed by atoms with Crippen LogP contribution in [0.1, 0.15) is 35.4 Å². The van der Waals surface area contributed by atoms with Gasteiger partial charge in [0, 0.05) is 18.4 Å². The molecule has 0 aliphatic rings. The van der Waals surface area contributed by atoms with E-state index in [9.17, 15) is 9.59 Å². The Balaban J connectivity index is 1.75. The molecule has 8 heteroatoms. The smallest absolute Gasteiger partial charge is 0.269 e. The highest BCUT2D eigenvalue weighted by atomic mass is 16.5. The summed E-state index contributed by atoms with van der Waals surface area (Å²) in [5, 5.41) is 3.63. The molecule has 0 bridgehead atoms. The van der Waals surface area contributed by atoms with E-state index < -0.39 is 5.91 Å². The maximum Gasteiger partial charge on any atom is 0.269 e. The third-order valence-corrected chi connectivity index (χ3v) is 2.88. The number of ether oxygens (including phenoxy) is 1. The van der Waals surface area contributed by atoms with E-state index in [0.717, 1.165) is 0 Å². The summed E-state index contributed by atoms with van der Waals surface area (Å²) in [6.45, 7) is 4.14. The van der Waals surface area contributed by atoms with E-state index in [-0.39, 0.29) is 12.3 Å². The third-order valence-electron chi connectivity index (χ3n) is 2.88. The van der Waals surface area contributed by atoms with Crippen molar-refractivity contribution in [1.29, 1.82) is 0 Å². The first-order valence-electron chi connectivity index (χ1n) is 7.19. The normalized spacial score (nSPS) is 10.2. The Morgan fingerprint density at radius 3 is 2.57 bits per heavy atom. The van der Waals surface area contributed by atoms with Crippen molar-refractivity contribution in [3.8, 4) is 5.75 Å². The van der Waals surface area contributed by atoms with Crippen molar-refractivity contribution in [3.05, 3.63) is 41.5 Å². The van der Waals surface area contributed by atoms with Crippen molar-refractivity contribution in [2.45, 2.75) is 26.7 Å². The first-order chi connectivity index (χ1) is 11.1. The number of nitrogens with zero attached hydrogens (tertiary/aromatic N) is 2. The Kier molecular flexibility index (Phi) is 5.67. The van der Waals surface area contributed by atoms with Crippen LogP contribution in [-0.2, 0) is 11.2 Å². The highest BCUT2D eigenvalue weighted by Gasteiger charge is 2.10. The summed E-state index contributed by atoms with van der Waals surface area (Å²) in [5.41, 5.74) is 5.10. The first kappa shape index (κ1) is 16.5. The second kappa shape index (κ2) is 7.92. The molecule has 0 fully saturated rings. The van der Waals surface area contributed by atoms with E-state index in [1.807, 2.05) is 6.92 Å². The molecule has 0 radical (unpaired) electrons. The van der Waals surface area contributed by atoms with Crippen LogP contribution >= 0.6 is 0 Å². The minimum atomic E-state index is -0.407. The number of carbonyl (C=O) groups excluding carboxylic acids is 2. The molecule has 23 heavy (non-hydrogen) atoms. The van der Waals surface area contributed by atoms with Gasteiger partial charge >= 0.3 is 0 Å². The summed E-state index contributed by atoms with van der Waals surface area (Å²) in [6.07, 6.45) is 0.441. The zero-order valence-electron chi connectivity index (χ0n) is 13.0. The Morgan fingerprint density at radius 1 is 1.22 bits per heavy atom. The van der Waals surface area contributed by atoms with Gasteiger partial charge < -0.3 is 9.26 Å². The minimum Gasteiger partial charge on any atom is -0.494 e. The van der Waals surface area contributed by atoms with E-state index in [0.29, 0.717) is 36.1 Å². The summed E-state index contributed by atoms with van der Waals surface area (Å²) in [5.74, 6) is 0.831. The van der Waals surface area contributed by atoms with Crippen molar-refractivity contribution in [2.75, 3.05) is 6.61 Å². The van der Waals surface area contributed by atoms with E-state index in [1.165, 1.54) is 0 Å². The van der Waals surface area contributed by atoms with Crippen LogP contribution in [-0.4, -0.2) is 28.6 Å². The molecule has 2 rings (SSSR count). The van der Waals surface area contributed by atoms with E-state index in [4.69, 9.17) is 9.26 Å². The molecular formula is C15H18N4O4. The van der Waals surface area contributed by atoms with Crippen LogP contribution in [0.5, 0.6) is 5.75 Å². The van der Waals surface area contributed by atoms with Gasteiger partial charge in [-0.1, -0.05) is 5.16 Å². The summed E-state index contributed by atoms with van der Waals surface area (Å²) < 4.78 is 10.2. The van der Waals surface area contributed by atoms with Crippen LogP contribution in [0.4, 0.5) is 0 Å². The molecule has 0 spiro atoms. The lowest BCUT2D eigenvalue weighted by atomic mass is 10.2. The Labute approximate surface area is 133 Å². The number of hydrogen-bond donors (Lipinski definition) is 2. The Morgan fingerprint density at radius 2 is 1.96 bits per heavy atom. The van der Waals surface area contributed by atoms with Crippen LogP contribution in [0.3, 0.4) is 0 Å². The molecule has 122 valence electrons. The minimum absolute atomic E-state index is 0.130. The lowest BCUT2D eigenvalue weighted by molar-refractivity contribution is -0.121. The summed E-state index contributed by atoms with van der Waals surface area (Å²) in [6, 6.07) is 6.62.